The van der Waals surface area contributed by atoms with Crippen molar-refractivity contribution in [2.24, 2.45) is 0 Å². The van der Waals surface area contributed by atoms with Crippen LogP contribution in [0.3, 0.4) is 0 Å². The molecule has 0 unspecified atom stereocenters. The Morgan fingerprint density at radius 2 is 1.58 bits per heavy atom. The van der Waals surface area contributed by atoms with Crippen molar-refractivity contribution < 1.29 is 14.3 Å². The summed E-state index contributed by atoms with van der Waals surface area (Å²) in [7, 11) is 0. The zero-order chi connectivity index (χ0) is 17.8. The van der Waals surface area contributed by atoms with E-state index < -0.39 is 0 Å². The lowest BCUT2D eigenvalue weighted by Gasteiger charge is -2.08. The zero-order valence-corrected chi connectivity index (χ0v) is 14.6. The molecule has 0 saturated heterocycles. The van der Waals surface area contributed by atoms with Crippen LogP contribution in [0.4, 0.5) is 11.4 Å². The molecule has 1 aliphatic heterocycles. The monoisotopic (exact) mass is 364 g/mol. The third-order valence-corrected chi connectivity index (χ3v) is 4.65. The molecule has 1 aliphatic rings. The van der Waals surface area contributed by atoms with Gasteiger partial charge in [-0.05, 0) is 60.5 Å². The number of hydrogen-bond donors (Lipinski definition) is 2. The molecule has 0 aromatic heterocycles. The molecule has 3 aromatic carbocycles. The van der Waals surface area contributed by atoms with E-state index in [1.165, 1.54) is 11.9 Å². The minimum atomic E-state index is -0.175. The van der Waals surface area contributed by atoms with Crippen molar-refractivity contribution in [1.29, 1.82) is 0 Å². The van der Waals surface area contributed by atoms with Gasteiger partial charge in [0, 0.05) is 27.9 Å². The molecular formula is C20H16N2O3S. The topological polar surface area (TPSA) is 59.6 Å². The van der Waals surface area contributed by atoms with Crippen LogP contribution >= 0.6 is 11.9 Å². The van der Waals surface area contributed by atoms with Crippen LogP contribution in [0.2, 0.25) is 0 Å². The van der Waals surface area contributed by atoms with Gasteiger partial charge in [0.1, 0.15) is 0 Å². The van der Waals surface area contributed by atoms with E-state index in [4.69, 9.17) is 9.47 Å². The Kier molecular flexibility index (Phi) is 4.66. The average Bonchev–Trinajstić information content (AvgIpc) is 3.15. The molecule has 0 spiro atoms. The maximum atomic E-state index is 12.4. The fourth-order valence-electron chi connectivity index (χ4n) is 2.47. The van der Waals surface area contributed by atoms with Gasteiger partial charge in [-0.15, -0.1) is 0 Å². The number of hydrogen-bond acceptors (Lipinski definition) is 5. The third kappa shape index (κ3) is 3.75. The van der Waals surface area contributed by atoms with Gasteiger partial charge in [0.25, 0.3) is 5.91 Å². The maximum Gasteiger partial charge on any atom is 0.255 e. The molecule has 4 rings (SSSR count). The molecule has 5 nitrogen and oxygen atoms in total. The normalized spacial score (nSPS) is 11.8. The Bertz CT molecular complexity index is 914. The van der Waals surface area contributed by atoms with Crippen LogP contribution in [0.25, 0.3) is 0 Å². The first-order valence-corrected chi connectivity index (χ1v) is 8.88. The number of ether oxygens (including phenoxy) is 2. The van der Waals surface area contributed by atoms with Gasteiger partial charge in [0.2, 0.25) is 6.79 Å². The lowest BCUT2D eigenvalue weighted by Crippen LogP contribution is -2.11. The Morgan fingerprint density at radius 1 is 0.846 bits per heavy atom. The summed E-state index contributed by atoms with van der Waals surface area (Å²) in [5.74, 6) is 1.15. The summed E-state index contributed by atoms with van der Waals surface area (Å²) >= 11 is 1.53. The fourth-order valence-corrected chi connectivity index (χ4v) is 3.14. The number of amides is 1. The summed E-state index contributed by atoms with van der Waals surface area (Å²) in [5, 5.41) is 2.87. The van der Waals surface area contributed by atoms with E-state index in [1.807, 2.05) is 42.5 Å². The van der Waals surface area contributed by atoms with Crippen molar-refractivity contribution in [3.8, 4) is 11.5 Å². The summed E-state index contributed by atoms with van der Waals surface area (Å²) < 4.78 is 13.8. The van der Waals surface area contributed by atoms with Crippen LogP contribution in [0.5, 0.6) is 11.5 Å². The van der Waals surface area contributed by atoms with Crippen LogP contribution in [0, 0.1) is 0 Å². The number of carbonyl (C=O) groups excluding carboxylic acids is 1. The molecule has 3 aromatic rings. The molecule has 0 radical (unpaired) electrons. The number of benzene rings is 3. The highest BCUT2D eigenvalue weighted by molar-refractivity contribution is 8.00. The van der Waals surface area contributed by atoms with Crippen LogP contribution in [-0.4, -0.2) is 12.7 Å². The van der Waals surface area contributed by atoms with Crippen LogP contribution < -0.4 is 19.5 Å². The molecule has 0 saturated carbocycles. The van der Waals surface area contributed by atoms with Crippen molar-refractivity contribution in [1.82, 2.24) is 0 Å². The van der Waals surface area contributed by atoms with Gasteiger partial charge >= 0.3 is 0 Å². The minimum Gasteiger partial charge on any atom is -0.454 e. The molecule has 2 N–H and O–H groups in total. The molecule has 26 heavy (non-hydrogen) atoms. The summed E-state index contributed by atoms with van der Waals surface area (Å²) in [6, 6.07) is 22.7. The van der Waals surface area contributed by atoms with Crippen LogP contribution in [0.1, 0.15) is 10.4 Å². The lowest BCUT2D eigenvalue weighted by molar-refractivity contribution is 0.102. The van der Waals surface area contributed by atoms with Crippen molar-refractivity contribution in [3.63, 3.8) is 0 Å². The van der Waals surface area contributed by atoms with E-state index in [-0.39, 0.29) is 12.7 Å². The van der Waals surface area contributed by atoms with Gasteiger partial charge in [-0.25, -0.2) is 0 Å². The first-order chi connectivity index (χ1) is 12.8. The van der Waals surface area contributed by atoms with Gasteiger partial charge < -0.3 is 19.5 Å². The summed E-state index contributed by atoms with van der Waals surface area (Å²) in [6.07, 6.45) is 0. The average molecular weight is 364 g/mol. The van der Waals surface area contributed by atoms with E-state index >= 15 is 0 Å². The second-order valence-corrected chi connectivity index (χ2v) is 6.50. The number of fused-ring (bicyclic) bond motifs is 1. The highest BCUT2D eigenvalue weighted by Crippen LogP contribution is 2.34. The highest BCUT2D eigenvalue weighted by atomic mass is 32.2. The second-order valence-electron chi connectivity index (χ2n) is 5.62. The first-order valence-electron chi connectivity index (χ1n) is 8.07. The van der Waals surface area contributed by atoms with E-state index in [0.29, 0.717) is 22.7 Å². The zero-order valence-electron chi connectivity index (χ0n) is 13.8. The molecule has 0 aliphatic carbocycles. The van der Waals surface area contributed by atoms with Gasteiger partial charge in [0.15, 0.2) is 11.5 Å². The molecule has 0 fully saturated rings. The third-order valence-electron chi connectivity index (χ3n) is 3.81. The first kappa shape index (κ1) is 16.4. The highest BCUT2D eigenvalue weighted by Gasteiger charge is 2.14. The Labute approximate surface area is 155 Å². The van der Waals surface area contributed by atoms with Crippen molar-refractivity contribution >= 4 is 29.2 Å². The largest absolute Gasteiger partial charge is 0.454 e. The fraction of sp³-hybridized carbons (Fsp3) is 0.0500. The molecule has 130 valence electrons. The number of rotatable bonds is 5. The van der Waals surface area contributed by atoms with Crippen LogP contribution in [-0.2, 0) is 0 Å². The van der Waals surface area contributed by atoms with Crippen molar-refractivity contribution in [2.75, 3.05) is 16.8 Å². The Hall–Kier alpha value is -3.12. The predicted molar refractivity (Wildman–Crippen MR) is 103 cm³/mol. The van der Waals surface area contributed by atoms with E-state index in [9.17, 15) is 4.79 Å². The number of carbonyl (C=O) groups is 1. The summed E-state index contributed by atoms with van der Waals surface area (Å²) in [4.78, 5) is 13.5. The smallest absolute Gasteiger partial charge is 0.255 e. The van der Waals surface area contributed by atoms with E-state index in [2.05, 4.69) is 10.0 Å². The van der Waals surface area contributed by atoms with Gasteiger partial charge in [0.05, 0.1) is 0 Å². The number of nitrogens with one attached hydrogen (secondary N) is 2. The Morgan fingerprint density at radius 3 is 2.38 bits per heavy atom. The second kappa shape index (κ2) is 7.41. The lowest BCUT2D eigenvalue weighted by atomic mass is 10.2. The maximum absolute atomic E-state index is 12.4. The molecule has 0 bridgehead atoms. The van der Waals surface area contributed by atoms with E-state index in [0.717, 1.165) is 10.6 Å². The Balaban J connectivity index is 1.37. The van der Waals surface area contributed by atoms with Gasteiger partial charge in [-0.3, -0.25) is 4.79 Å². The van der Waals surface area contributed by atoms with Crippen LogP contribution in [0.15, 0.2) is 77.7 Å². The van der Waals surface area contributed by atoms with Gasteiger partial charge in [-0.2, -0.15) is 0 Å². The minimum absolute atomic E-state index is 0.175. The summed E-state index contributed by atoms with van der Waals surface area (Å²) in [6.45, 7) is 0.211. The predicted octanol–water partition coefficient (Wildman–Crippen LogP) is 4.79. The van der Waals surface area contributed by atoms with Crippen molar-refractivity contribution in [3.05, 3.63) is 78.4 Å². The molecule has 1 amide bonds. The van der Waals surface area contributed by atoms with Gasteiger partial charge in [-0.1, -0.05) is 18.2 Å². The number of anilines is 2. The SMILES string of the molecule is O=C(Nc1ccc2c(c1)OCO2)c1ccc(NSc2ccccc2)cc1. The van der Waals surface area contributed by atoms with E-state index in [1.54, 1.807) is 30.3 Å². The quantitative estimate of drug-likeness (QED) is 0.638. The summed E-state index contributed by atoms with van der Waals surface area (Å²) in [5.41, 5.74) is 2.18. The molecule has 0 atom stereocenters. The molecule has 6 heteroatoms. The standard InChI is InChI=1S/C20H16N2O3S/c23-20(21-16-10-11-18-19(12-16)25-13-24-18)14-6-8-15(9-7-14)22-26-17-4-2-1-3-5-17/h1-12,22H,13H2,(H,21,23). The molecular weight excluding hydrogens is 348 g/mol. The van der Waals surface area contributed by atoms with Crippen molar-refractivity contribution in [2.45, 2.75) is 4.90 Å². The molecule has 1 heterocycles.